The smallest absolute Gasteiger partial charge is 0.416 e. The number of nitrogens with zero attached hydrogens (tertiary/aromatic N) is 2. The van der Waals surface area contributed by atoms with Crippen LogP contribution >= 0.6 is 11.8 Å². The van der Waals surface area contributed by atoms with Crippen LogP contribution in [-0.4, -0.2) is 15.3 Å². The summed E-state index contributed by atoms with van der Waals surface area (Å²) in [6, 6.07) is 2.90. The molecule has 1 aromatic heterocycles. The standard InChI is InChI=1S/C13H9F3N2OS/c14-13(15,16)8-1-2-9(11(19)3-8)12-10-6-20-5-7(10)4-17-18-12/h1-4,19H,5-6H2. The fourth-order valence-electron chi connectivity index (χ4n) is 2.12. The number of fused-ring (bicyclic) bond motifs is 1. The number of aromatic hydroxyl groups is 1. The molecule has 0 atom stereocenters. The Morgan fingerprint density at radius 1 is 1.20 bits per heavy atom. The molecular weight excluding hydrogens is 289 g/mol. The third-order valence-corrected chi connectivity index (χ3v) is 4.14. The molecule has 2 heterocycles. The second-order valence-electron chi connectivity index (χ2n) is 4.42. The van der Waals surface area contributed by atoms with Crippen LogP contribution in [0.15, 0.2) is 24.4 Å². The van der Waals surface area contributed by atoms with Crippen LogP contribution in [0, 0.1) is 0 Å². The summed E-state index contributed by atoms with van der Waals surface area (Å²) < 4.78 is 37.7. The largest absolute Gasteiger partial charge is 0.507 e. The lowest BCUT2D eigenvalue weighted by Gasteiger charge is -2.11. The number of rotatable bonds is 1. The summed E-state index contributed by atoms with van der Waals surface area (Å²) in [5.74, 6) is 1.10. The topological polar surface area (TPSA) is 46.0 Å². The molecule has 3 rings (SSSR count). The van der Waals surface area contributed by atoms with Crippen molar-refractivity contribution in [3.8, 4) is 17.0 Å². The fraction of sp³-hybridized carbons (Fsp3) is 0.231. The van der Waals surface area contributed by atoms with Gasteiger partial charge in [0.2, 0.25) is 0 Å². The number of thioether (sulfide) groups is 1. The molecule has 0 fully saturated rings. The molecule has 20 heavy (non-hydrogen) atoms. The van der Waals surface area contributed by atoms with E-state index in [2.05, 4.69) is 10.2 Å². The Hall–Kier alpha value is -1.76. The zero-order valence-electron chi connectivity index (χ0n) is 10.1. The van der Waals surface area contributed by atoms with Crippen molar-refractivity contribution in [1.29, 1.82) is 0 Å². The van der Waals surface area contributed by atoms with Crippen LogP contribution in [0.2, 0.25) is 0 Å². The van der Waals surface area contributed by atoms with Gasteiger partial charge < -0.3 is 5.11 Å². The molecule has 0 saturated carbocycles. The van der Waals surface area contributed by atoms with Gasteiger partial charge >= 0.3 is 6.18 Å². The monoisotopic (exact) mass is 298 g/mol. The molecule has 2 aromatic rings. The van der Waals surface area contributed by atoms with E-state index in [0.29, 0.717) is 5.69 Å². The van der Waals surface area contributed by atoms with Crippen LogP contribution in [0.1, 0.15) is 16.7 Å². The zero-order chi connectivity index (χ0) is 14.3. The molecule has 0 spiro atoms. The molecular formula is C13H9F3N2OS. The Labute approximate surface area is 116 Å². The number of hydrogen-bond acceptors (Lipinski definition) is 4. The molecule has 0 unspecified atom stereocenters. The summed E-state index contributed by atoms with van der Waals surface area (Å²) in [5.41, 5.74) is 1.80. The molecule has 1 aliphatic heterocycles. The molecule has 0 saturated heterocycles. The van der Waals surface area contributed by atoms with E-state index in [0.717, 1.165) is 34.8 Å². The van der Waals surface area contributed by atoms with Crippen LogP contribution in [0.25, 0.3) is 11.3 Å². The molecule has 3 nitrogen and oxygen atoms in total. The minimum atomic E-state index is -4.48. The Morgan fingerprint density at radius 2 is 2.00 bits per heavy atom. The van der Waals surface area contributed by atoms with Crippen molar-refractivity contribution in [2.24, 2.45) is 0 Å². The van der Waals surface area contributed by atoms with Gasteiger partial charge in [0.05, 0.1) is 11.8 Å². The van der Waals surface area contributed by atoms with Crippen molar-refractivity contribution in [1.82, 2.24) is 10.2 Å². The lowest BCUT2D eigenvalue weighted by molar-refractivity contribution is -0.137. The van der Waals surface area contributed by atoms with Gasteiger partial charge in [-0.1, -0.05) is 0 Å². The van der Waals surface area contributed by atoms with Crippen LogP contribution in [-0.2, 0) is 17.7 Å². The molecule has 0 aliphatic carbocycles. The van der Waals surface area contributed by atoms with Crippen LogP contribution < -0.4 is 0 Å². The third-order valence-electron chi connectivity index (χ3n) is 3.13. The van der Waals surface area contributed by atoms with E-state index in [1.165, 1.54) is 6.07 Å². The first-order valence-corrected chi connectivity index (χ1v) is 6.94. The first kappa shape index (κ1) is 13.2. The van der Waals surface area contributed by atoms with Crippen molar-refractivity contribution in [3.63, 3.8) is 0 Å². The predicted octanol–water partition coefficient (Wildman–Crippen LogP) is 3.61. The van der Waals surface area contributed by atoms with Gasteiger partial charge in [-0.15, -0.1) is 0 Å². The van der Waals surface area contributed by atoms with Crippen molar-refractivity contribution in [2.75, 3.05) is 0 Å². The number of phenols is 1. The van der Waals surface area contributed by atoms with E-state index in [4.69, 9.17) is 0 Å². The van der Waals surface area contributed by atoms with Crippen molar-refractivity contribution in [3.05, 3.63) is 41.1 Å². The van der Waals surface area contributed by atoms with Crippen LogP contribution in [0.5, 0.6) is 5.75 Å². The van der Waals surface area contributed by atoms with Crippen LogP contribution in [0.3, 0.4) is 0 Å². The highest BCUT2D eigenvalue weighted by molar-refractivity contribution is 7.98. The SMILES string of the molecule is Oc1cc(C(F)(F)F)ccc1-c1nncc2c1CSC2. The Balaban J connectivity index is 2.10. The van der Waals surface area contributed by atoms with E-state index < -0.39 is 17.5 Å². The van der Waals surface area contributed by atoms with Gasteiger partial charge in [0.15, 0.2) is 0 Å². The number of benzene rings is 1. The first-order valence-electron chi connectivity index (χ1n) is 5.78. The number of alkyl halides is 3. The summed E-state index contributed by atoms with van der Waals surface area (Å²) in [6.45, 7) is 0. The second kappa shape index (κ2) is 4.66. The summed E-state index contributed by atoms with van der Waals surface area (Å²) in [7, 11) is 0. The Bertz CT molecular complexity index is 673. The first-order chi connectivity index (χ1) is 9.47. The molecule has 0 bridgehead atoms. The summed E-state index contributed by atoms with van der Waals surface area (Å²) in [5, 5.41) is 17.7. The van der Waals surface area contributed by atoms with Crippen molar-refractivity contribution < 1.29 is 18.3 Å². The average Bonchev–Trinajstić information content (AvgIpc) is 2.85. The highest BCUT2D eigenvalue weighted by Crippen LogP contribution is 2.40. The van der Waals surface area contributed by atoms with Crippen molar-refractivity contribution in [2.45, 2.75) is 17.7 Å². The van der Waals surface area contributed by atoms with Gasteiger partial charge in [0.25, 0.3) is 0 Å². The number of hydrogen-bond donors (Lipinski definition) is 1. The minimum absolute atomic E-state index is 0.282. The Kier molecular flexibility index (Phi) is 3.08. The van der Waals surface area contributed by atoms with Gasteiger partial charge in [-0.05, 0) is 29.3 Å². The van der Waals surface area contributed by atoms with Gasteiger partial charge in [-0.3, -0.25) is 0 Å². The minimum Gasteiger partial charge on any atom is -0.507 e. The molecule has 0 radical (unpaired) electrons. The average molecular weight is 298 g/mol. The highest BCUT2D eigenvalue weighted by Gasteiger charge is 2.31. The molecule has 0 amide bonds. The maximum Gasteiger partial charge on any atom is 0.416 e. The van der Waals surface area contributed by atoms with E-state index in [-0.39, 0.29) is 5.56 Å². The van der Waals surface area contributed by atoms with E-state index in [1.54, 1.807) is 18.0 Å². The van der Waals surface area contributed by atoms with E-state index >= 15 is 0 Å². The lowest BCUT2D eigenvalue weighted by atomic mass is 10.0. The van der Waals surface area contributed by atoms with E-state index in [1.807, 2.05) is 0 Å². The molecule has 7 heteroatoms. The number of halogens is 3. The normalized spacial score (nSPS) is 14.3. The van der Waals surface area contributed by atoms with Gasteiger partial charge in [-0.2, -0.15) is 35.1 Å². The summed E-state index contributed by atoms with van der Waals surface area (Å²) in [6.07, 6.45) is -2.82. The van der Waals surface area contributed by atoms with Gasteiger partial charge in [0.1, 0.15) is 11.4 Å². The molecule has 1 N–H and O–H groups in total. The lowest BCUT2D eigenvalue weighted by Crippen LogP contribution is -2.05. The van der Waals surface area contributed by atoms with Gasteiger partial charge in [-0.25, -0.2) is 0 Å². The fourth-order valence-corrected chi connectivity index (χ4v) is 3.22. The van der Waals surface area contributed by atoms with Crippen molar-refractivity contribution >= 4 is 11.8 Å². The summed E-state index contributed by atoms with van der Waals surface area (Å²) >= 11 is 1.68. The number of aromatic nitrogens is 2. The molecule has 1 aromatic carbocycles. The maximum absolute atomic E-state index is 12.6. The van der Waals surface area contributed by atoms with E-state index in [9.17, 15) is 18.3 Å². The molecule has 104 valence electrons. The zero-order valence-corrected chi connectivity index (χ0v) is 10.9. The number of phenolic OH excluding ortho intramolecular Hbond substituents is 1. The highest BCUT2D eigenvalue weighted by atomic mass is 32.2. The predicted molar refractivity (Wildman–Crippen MR) is 69.1 cm³/mol. The van der Waals surface area contributed by atoms with Gasteiger partial charge in [0, 0.05) is 17.1 Å². The molecule has 1 aliphatic rings. The maximum atomic E-state index is 12.6. The Morgan fingerprint density at radius 3 is 2.70 bits per heavy atom. The quantitative estimate of drug-likeness (QED) is 0.873. The summed E-state index contributed by atoms with van der Waals surface area (Å²) in [4.78, 5) is 0. The second-order valence-corrected chi connectivity index (χ2v) is 5.41. The van der Waals surface area contributed by atoms with Crippen LogP contribution in [0.4, 0.5) is 13.2 Å². The third kappa shape index (κ3) is 2.22.